The molecule has 1 aromatic heterocycles. The van der Waals surface area contributed by atoms with E-state index in [-0.39, 0.29) is 5.41 Å². The molecule has 3 heteroatoms. The van der Waals surface area contributed by atoms with Crippen molar-refractivity contribution < 1.29 is 5.11 Å². The van der Waals surface area contributed by atoms with E-state index in [9.17, 15) is 5.11 Å². The first-order valence-electron chi connectivity index (χ1n) is 7.20. The van der Waals surface area contributed by atoms with Gasteiger partial charge in [-0.05, 0) is 44.1 Å². The largest absolute Gasteiger partial charge is 0.389 e. The van der Waals surface area contributed by atoms with Gasteiger partial charge in [-0.1, -0.05) is 20.8 Å². The standard InChI is InChI=1S/C15H26N2O/c1-5-12-10-13(17(6-2)16-12)11-15(18)9-7-8-14(15,3)4/h10,18H,5-9,11H2,1-4H3. The summed E-state index contributed by atoms with van der Waals surface area (Å²) in [6.07, 6.45) is 4.85. The van der Waals surface area contributed by atoms with Crippen molar-refractivity contribution in [2.24, 2.45) is 5.41 Å². The van der Waals surface area contributed by atoms with E-state index in [0.29, 0.717) is 0 Å². The minimum atomic E-state index is -0.565. The van der Waals surface area contributed by atoms with Gasteiger partial charge in [-0.25, -0.2) is 0 Å². The lowest BCUT2D eigenvalue weighted by Crippen LogP contribution is -2.42. The number of hydrogen-bond donors (Lipinski definition) is 1. The second kappa shape index (κ2) is 4.69. The van der Waals surface area contributed by atoms with Gasteiger partial charge in [-0.15, -0.1) is 0 Å². The maximum Gasteiger partial charge on any atom is 0.0753 e. The van der Waals surface area contributed by atoms with Crippen molar-refractivity contribution in [3.05, 3.63) is 17.5 Å². The number of hydrogen-bond acceptors (Lipinski definition) is 2. The molecule has 0 aromatic carbocycles. The zero-order valence-corrected chi connectivity index (χ0v) is 12.2. The van der Waals surface area contributed by atoms with Crippen LogP contribution in [-0.2, 0) is 19.4 Å². The molecular weight excluding hydrogens is 224 g/mol. The molecule has 1 atom stereocenters. The van der Waals surface area contributed by atoms with Crippen LogP contribution in [0.25, 0.3) is 0 Å². The van der Waals surface area contributed by atoms with E-state index < -0.39 is 5.60 Å². The van der Waals surface area contributed by atoms with Crippen LogP contribution in [0.15, 0.2) is 6.07 Å². The average Bonchev–Trinajstić information content (AvgIpc) is 2.81. The smallest absolute Gasteiger partial charge is 0.0753 e. The fourth-order valence-electron chi connectivity index (χ4n) is 3.12. The van der Waals surface area contributed by atoms with E-state index in [1.54, 1.807) is 0 Å². The molecule has 2 rings (SSSR count). The fourth-order valence-corrected chi connectivity index (χ4v) is 3.12. The summed E-state index contributed by atoms with van der Waals surface area (Å²) >= 11 is 0. The van der Waals surface area contributed by atoms with E-state index in [0.717, 1.165) is 44.3 Å². The minimum absolute atomic E-state index is 0.0161. The Morgan fingerprint density at radius 3 is 2.56 bits per heavy atom. The third-order valence-corrected chi connectivity index (χ3v) is 4.70. The molecule has 1 fully saturated rings. The first-order chi connectivity index (χ1) is 8.42. The number of nitrogens with zero attached hydrogens (tertiary/aromatic N) is 2. The monoisotopic (exact) mass is 250 g/mol. The van der Waals surface area contributed by atoms with Crippen LogP contribution < -0.4 is 0 Å². The van der Waals surface area contributed by atoms with E-state index >= 15 is 0 Å². The van der Waals surface area contributed by atoms with Gasteiger partial charge in [0.2, 0.25) is 0 Å². The summed E-state index contributed by atoms with van der Waals surface area (Å²) in [7, 11) is 0. The molecular formula is C15H26N2O. The van der Waals surface area contributed by atoms with Crippen molar-refractivity contribution in [2.45, 2.75) is 71.9 Å². The molecule has 1 aliphatic rings. The van der Waals surface area contributed by atoms with Gasteiger partial charge in [0.25, 0.3) is 0 Å². The van der Waals surface area contributed by atoms with Crippen molar-refractivity contribution >= 4 is 0 Å². The molecule has 0 saturated heterocycles. The molecule has 1 aliphatic carbocycles. The molecule has 18 heavy (non-hydrogen) atoms. The van der Waals surface area contributed by atoms with Crippen LogP contribution in [0.2, 0.25) is 0 Å². The molecule has 1 aromatic rings. The highest BCUT2D eigenvalue weighted by atomic mass is 16.3. The predicted molar refractivity (Wildman–Crippen MR) is 73.6 cm³/mol. The quantitative estimate of drug-likeness (QED) is 0.892. The molecule has 1 unspecified atom stereocenters. The Bertz CT molecular complexity index is 422. The zero-order chi connectivity index (χ0) is 13.4. The Morgan fingerprint density at radius 2 is 2.06 bits per heavy atom. The van der Waals surface area contributed by atoms with Gasteiger partial charge in [0.1, 0.15) is 0 Å². The number of aromatic nitrogens is 2. The summed E-state index contributed by atoms with van der Waals surface area (Å²) in [4.78, 5) is 0. The van der Waals surface area contributed by atoms with Crippen LogP contribution in [-0.4, -0.2) is 20.5 Å². The van der Waals surface area contributed by atoms with Crippen molar-refractivity contribution in [3.8, 4) is 0 Å². The first-order valence-corrected chi connectivity index (χ1v) is 7.20. The third kappa shape index (κ3) is 2.20. The predicted octanol–water partition coefficient (Wildman–Crippen LogP) is 2.95. The molecule has 3 nitrogen and oxygen atoms in total. The highest BCUT2D eigenvalue weighted by Gasteiger charge is 2.47. The van der Waals surface area contributed by atoms with Crippen LogP contribution in [0.4, 0.5) is 0 Å². The highest BCUT2D eigenvalue weighted by molar-refractivity contribution is 5.16. The second-order valence-electron chi connectivity index (χ2n) is 6.24. The molecule has 0 spiro atoms. The fraction of sp³-hybridized carbons (Fsp3) is 0.800. The summed E-state index contributed by atoms with van der Waals surface area (Å²) in [6, 6.07) is 2.16. The van der Waals surface area contributed by atoms with Crippen molar-refractivity contribution in [1.82, 2.24) is 9.78 Å². The lowest BCUT2D eigenvalue weighted by molar-refractivity contribution is -0.0433. The Kier molecular flexibility index (Phi) is 3.54. The van der Waals surface area contributed by atoms with Gasteiger partial charge < -0.3 is 5.11 Å². The lowest BCUT2D eigenvalue weighted by Gasteiger charge is -2.36. The molecule has 0 bridgehead atoms. The summed E-state index contributed by atoms with van der Waals surface area (Å²) < 4.78 is 2.05. The molecule has 1 N–H and O–H groups in total. The van der Waals surface area contributed by atoms with E-state index in [4.69, 9.17) is 0 Å². The molecule has 1 saturated carbocycles. The Balaban J connectivity index is 2.25. The van der Waals surface area contributed by atoms with E-state index in [1.165, 1.54) is 5.69 Å². The number of aryl methyl sites for hydroxylation is 2. The van der Waals surface area contributed by atoms with Crippen LogP contribution in [0.3, 0.4) is 0 Å². The Hall–Kier alpha value is -0.830. The summed E-state index contributed by atoms with van der Waals surface area (Å²) in [5.74, 6) is 0. The van der Waals surface area contributed by atoms with E-state index in [1.807, 2.05) is 4.68 Å². The van der Waals surface area contributed by atoms with Crippen molar-refractivity contribution in [3.63, 3.8) is 0 Å². The van der Waals surface area contributed by atoms with Crippen LogP contribution in [0.1, 0.15) is 58.3 Å². The van der Waals surface area contributed by atoms with Crippen LogP contribution >= 0.6 is 0 Å². The van der Waals surface area contributed by atoms with Crippen molar-refractivity contribution in [1.29, 1.82) is 0 Å². The summed E-state index contributed by atoms with van der Waals surface area (Å²) in [6.45, 7) is 9.49. The Labute approximate surface area is 110 Å². The number of aliphatic hydroxyl groups is 1. The molecule has 102 valence electrons. The maximum atomic E-state index is 10.9. The van der Waals surface area contributed by atoms with E-state index in [2.05, 4.69) is 38.9 Å². The summed E-state index contributed by atoms with van der Waals surface area (Å²) in [5.41, 5.74) is 1.77. The van der Waals surface area contributed by atoms with Gasteiger partial charge in [-0.3, -0.25) is 4.68 Å². The minimum Gasteiger partial charge on any atom is -0.389 e. The second-order valence-corrected chi connectivity index (χ2v) is 6.24. The SMILES string of the molecule is CCc1cc(CC2(O)CCCC2(C)C)n(CC)n1. The average molecular weight is 250 g/mol. The van der Waals surface area contributed by atoms with Crippen LogP contribution in [0, 0.1) is 5.41 Å². The lowest BCUT2D eigenvalue weighted by atomic mass is 9.75. The first kappa shape index (κ1) is 13.6. The molecule has 0 amide bonds. The molecule has 0 aliphatic heterocycles. The zero-order valence-electron chi connectivity index (χ0n) is 12.2. The highest BCUT2D eigenvalue weighted by Crippen LogP contribution is 2.47. The third-order valence-electron chi connectivity index (χ3n) is 4.70. The van der Waals surface area contributed by atoms with Gasteiger partial charge in [0.05, 0.1) is 11.3 Å². The topological polar surface area (TPSA) is 38.0 Å². The van der Waals surface area contributed by atoms with Gasteiger partial charge in [0, 0.05) is 18.7 Å². The maximum absolute atomic E-state index is 10.9. The Morgan fingerprint density at radius 1 is 1.33 bits per heavy atom. The van der Waals surface area contributed by atoms with Crippen molar-refractivity contribution in [2.75, 3.05) is 0 Å². The van der Waals surface area contributed by atoms with Gasteiger partial charge in [0.15, 0.2) is 0 Å². The normalized spacial score (nSPS) is 26.7. The molecule has 0 radical (unpaired) electrons. The summed E-state index contributed by atoms with van der Waals surface area (Å²) in [5, 5.41) is 15.5. The van der Waals surface area contributed by atoms with Gasteiger partial charge in [-0.2, -0.15) is 5.10 Å². The van der Waals surface area contributed by atoms with Crippen LogP contribution in [0.5, 0.6) is 0 Å². The molecule has 1 heterocycles. The van der Waals surface area contributed by atoms with Gasteiger partial charge >= 0.3 is 0 Å². The number of rotatable bonds is 4.